The highest BCUT2D eigenvalue weighted by atomic mass is 35.5. The van der Waals surface area contributed by atoms with E-state index in [2.05, 4.69) is 22.1 Å². The van der Waals surface area contributed by atoms with Crippen LogP contribution >= 0.6 is 11.6 Å². The number of hydrogen-bond acceptors (Lipinski definition) is 4. The first-order valence-electron chi connectivity index (χ1n) is 8.90. The molecule has 0 unspecified atom stereocenters. The van der Waals surface area contributed by atoms with Crippen molar-refractivity contribution in [2.75, 3.05) is 13.7 Å². The summed E-state index contributed by atoms with van der Waals surface area (Å²) in [7, 11) is 1.66. The first-order valence-corrected chi connectivity index (χ1v) is 9.28. The lowest BCUT2D eigenvalue weighted by atomic mass is 10.0. The maximum Gasteiger partial charge on any atom is 0.407 e. The molecule has 3 aromatic rings. The fraction of sp³-hybridized carbons (Fsp3) is 0.130. The molecule has 4 rings (SSSR count). The first-order chi connectivity index (χ1) is 14.2. The number of ether oxygens (including phenoxy) is 2. The van der Waals surface area contributed by atoms with Crippen molar-refractivity contribution < 1.29 is 14.3 Å². The van der Waals surface area contributed by atoms with Crippen LogP contribution in [0.25, 0.3) is 0 Å². The molecule has 0 aliphatic carbocycles. The Kier molecular flexibility index (Phi) is 7.10. The van der Waals surface area contributed by atoms with Crippen molar-refractivity contribution in [3.63, 3.8) is 0 Å². The number of rotatable bonds is 2. The van der Waals surface area contributed by atoms with Gasteiger partial charge in [-0.3, -0.25) is 0 Å². The maximum atomic E-state index is 11.1. The second-order valence-corrected chi connectivity index (χ2v) is 6.39. The highest BCUT2D eigenvalue weighted by molar-refractivity contribution is 6.30. The number of carbonyl (C=O) groups is 1. The molecule has 0 spiro atoms. The third-order valence-corrected chi connectivity index (χ3v) is 4.34. The van der Waals surface area contributed by atoms with E-state index in [1.165, 1.54) is 0 Å². The molecule has 6 heteroatoms. The van der Waals surface area contributed by atoms with Crippen LogP contribution in [0.5, 0.6) is 5.75 Å². The molecule has 0 bridgehead atoms. The number of pyridine rings is 1. The van der Waals surface area contributed by atoms with Crippen LogP contribution in [-0.2, 0) is 4.74 Å². The van der Waals surface area contributed by atoms with E-state index in [0.29, 0.717) is 17.3 Å². The average molecular weight is 407 g/mol. The maximum absolute atomic E-state index is 11.1. The smallest absolute Gasteiger partial charge is 0.407 e. The predicted molar refractivity (Wildman–Crippen MR) is 112 cm³/mol. The van der Waals surface area contributed by atoms with Crippen LogP contribution in [0.3, 0.4) is 0 Å². The second kappa shape index (κ2) is 10.2. The molecule has 1 atom stereocenters. The average Bonchev–Trinajstić information content (AvgIpc) is 3.21. The van der Waals surface area contributed by atoms with Gasteiger partial charge in [-0.25, -0.2) is 9.78 Å². The fourth-order valence-corrected chi connectivity index (χ4v) is 2.74. The zero-order chi connectivity index (χ0) is 20.5. The largest absolute Gasteiger partial charge is 0.497 e. The molecular formula is C23H19ClN2O3. The topological polar surface area (TPSA) is 60.5 Å². The minimum Gasteiger partial charge on any atom is -0.497 e. The quantitative estimate of drug-likeness (QED) is 0.498. The van der Waals surface area contributed by atoms with E-state index in [-0.39, 0.29) is 6.04 Å². The van der Waals surface area contributed by atoms with E-state index in [1.54, 1.807) is 19.4 Å². The Morgan fingerprint density at radius 3 is 2.59 bits per heavy atom. The van der Waals surface area contributed by atoms with Crippen molar-refractivity contribution in [1.29, 1.82) is 0 Å². The van der Waals surface area contributed by atoms with Crippen LogP contribution in [0.4, 0.5) is 4.79 Å². The number of alkyl carbamates (subject to hydrolysis) is 1. The normalized spacial score (nSPS) is 14.4. The second-order valence-electron chi connectivity index (χ2n) is 6.03. The molecule has 1 saturated heterocycles. The number of carbonyl (C=O) groups excluding carboxylic acids is 1. The van der Waals surface area contributed by atoms with Crippen molar-refractivity contribution >= 4 is 17.7 Å². The Labute approximate surface area is 174 Å². The van der Waals surface area contributed by atoms with Gasteiger partial charge in [-0.1, -0.05) is 53.8 Å². The van der Waals surface area contributed by atoms with Crippen LogP contribution in [0.1, 0.15) is 22.7 Å². The van der Waals surface area contributed by atoms with Gasteiger partial charge in [0.1, 0.15) is 17.5 Å². The number of benzene rings is 2. The summed E-state index contributed by atoms with van der Waals surface area (Å²) in [6, 6.07) is 20.8. The molecular weight excluding hydrogens is 388 g/mol. The van der Waals surface area contributed by atoms with Crippen LogP contribution < -0.4 is 10.1 Å². The number of methoxy groups -OCH3 is 1. The summed E-state index contributed by atoms with van der Waals surface area (Å²) in [6.45, 7) is 0.337. The molecule has 1 aromatic heterocycles. The molecule has 146 valence electrons. The van der Waals surface area contributed by atoms with Crippen molar-refractivity contribution in [3.8, 4) is 17.6 Å². The van der Waals surface area contributed by atoms with Gasteiger partial charge < -0.3 is 14.8 Å². The van der Waals surface area contributed by atoms with Crippen LogP contribution in [0, 0.1) is 11.8 Å². The van der Waals surface area contributed by atoms with Gasteiger partial charge in [0.2, 0.25) is 0 Å². The van der Waals surface area contributed by atoms with Crippen LogP contribution in [-0.4, -0.2) is 24.8 Å². The van der Waals surface area contributed by atoms with E-state index in [4.69, 9.17) is 21.1 Å². The van der Waals surface area contributed by atoms with Gasteiger partial charge in [-0.15, -0.1) is 0 Å². The summed E-state index contributed by atoms with van der Waals surface area (Å²) in [5.74, 6) is 6.95. The molecule has 29 heavy (non-hydrogen) atoms. The molecule has 2 heterocycles. The number of nitrogens with zero attached hydrogens (tertiary/aromatic N) is 1. The van der Waals surface area contributed by atoms with Gasteiger partial charge in [0.05, 0.1) is 18.7 Å². The summed E-state index contributed by atoms with van der Waals surface area (Å²) in [6.07, 6.45) is 1.23. The Morgan fingerprint density at radius 1 is 1.10 bits per heavy atom. The molecule has 0 saturated carbocycles. The van der Waals surface area contributed by atoms with Gasteiger partial charge in [0, 0.05) is 11.8 Å². The minimum absolute atomic E-state index is 0.124. The number of hydrogen-bond donors (Lipinski definition) is 1. The molecule has 1 aliphatic heterocycles. The summed E-state index contributed by atoms with van der Waals surface area (Å²) < 4.78 is 9.81. The van der Waals surface area contributed by atoms with Crippen molar-refractivity contribution in [2.24, 2.45) is 0 Å². The summed E-state index contributed by atoms with van der Waals surface area (Å²) in [5.41, 5.74) is 2.49. The van der Waals surface area contributed by atoms with Crippen LogP contribution in [0.2, 0.25) is 5.15 Å². The Balaban J connectivity index is 0.000000252. The molecule has 2 aromatic carbocycles. The lowest BCUT2D eigenvalue weighted by Crippen LogP contribution is -2.18. The lowest BCUT2D eigenvalue weighted by molar-refractivity contribution is 0.177. The third kappa shape index (κ3) is 6.00. The molecule has 1 fully saturated rings. The number of aromatic nitrogens is 1. The number of para-hydroxylation sites is 1. The van der Waals surface area contributed by atoms with Crippen molar-refractivity contribution in [3.05, 3.63) is 94.8 Å². The highest BCUT2D eigenvalue weighted by Gasteiger charge is 2.23. The molecule has 1 aliphatic rings. The SMILES string of the molecule is COc1ccccc1.O=C1N[C@H](c2cccc(C#Cc3cccnc3Cl)c2)CO1. The van der Waals surface area contributed by atoms with Gasteiger partial charge in [-0.2, -0.15) is 0 Å². The van der Waals surface area contributed by atoms with E-state index < -0.39 is 6.09 Å². The highest BCUT2D eigenvalue weighted by Crippen LogP contribution is 2.19. The van der Waals surface area contributed by atoms with E-state index >= 15 is 0 Å². The van der Waals surface area contributed by atoms with Crippen LogP contribution in [0.15, 0.2) is 72.9 Å². The first kappa shape index (κ1) is 20.2. The zero-order valence-corrected chi connectivity index (χ0v) is 16.5. The van der Waals surface area contributed by atoms with Crippen molar-refractivity contribution in [2.45, 2.75) is 6.04 Å². The van der Waals surface area contributed by atoms with E-state index in [0.717, 1.165) is 16.9 Å². The monoisotopic (exact) mass is 406 g/mol. The summed E-state index contributed by atoms with van der Waals surface area (Å²) >= 11 is 5.96. The van der Waals surface area contributed by atoms with E-state index in [9.17, 15) is 4.79 Å². The Bertz CT molecular complexity index is 1030. The number of halogens is 1. The van der Waals surface area contributed by atoms with Gasteiger partial charge >= 0.3 is 6.09 Å². The van der Waals surface area contributed by atoms with E-state index in [1.807, 2.05) is 60.7 Å². The van der Waals surface area contributed by atoms with Gasteiger partial charge in [0.25, 0.3) is 0 Å². The Morgan fingerprint density at radius 2 is 1.93 bits per heavy atom. The number of nitrogens with one attached hydrogen (secondary N) is 1. The Hall–Kier alpha value is -3.49. The minimum atomic E-state index is -0.390. The lowest BCUT2D eigenvalue weighted by Gasteiger charge is -2.07. The van der Waals surface area contributed by atoms with Crippen molar-refractivity contribution in [1.82, 2.24) is 10.3 Å². The number of amides is 1. The van der Waals surface area contributed by atoms with Gasteiger partial charge in [0.15, 0.2) is 0 Å². The molecule has 1 amide bonds. The molecule has 1 N–H and O–H groups in total. The fourth-order valence-electron chi connectivity index (χ4n) is 2.57. The summed E-state index contributed by atoms with van der Waals surface area (Å²) in [4.78, 5) is 15.1. The molecule has 0 radical (unpaired) electrons. The third-order valence-electron chi connectivity index (χ3n) is 4.04. The standard InChI is InChI=1S/C16H11ClN2O2.C7H8O/c17-15-12(5-2-8-18-15)7-6-11-3-1-4-13(9-11)14-10-21-16(20)19-14;1-8-7-5-3-2-4-6-7/h1-5,8-9,14H,10H2,(H,19,20);2-6H,1H3/t14-;/m0./s1. The zero-order valence-electron chi connectivity index (χ0n) is 15.8. The predicted octanol–water partition coefficient (Wildman–Crippen LogP) is 4.61. The molecule has 5 nitrogen and oxygen atoms in total. The van der Waals surface area contributed by atoms with Gasteiger partial charge in [-0.05, 0) is 42.0 Å². The number of cyclic esters (lactones) is 1. The summed E-state index contributed by atoms with van der Waals surface area (Å²) in [5, 5.41) is 3.13.